The Hall–Kier alpha value is -2.57. The van der Waals surface area contributed by atoms with Crippen LogP contribution in [0.4, 0.5) is 11.4 Å². The lowest BCUT2D eigenvalue weighted by Crippen LogP contribution is -2.48. The smallest absolute Gasteiger partial charge is 0.254 e. The fourth-order valence-electron chi connectivity index (χ4n) is 3.84. The Morgan fingerprint density at radius 1 is 1.18 bits per heavy atom. The van der Waals surface area contributed by atoms with Crippen LogP contribution in [0.15, 0.2) is 42.5 Å². The molecule has 0 saturated carbocycles. The Labute approximate surface area is 169 Å². The topological polar surface area (TPSA) is 64.7 Å². The van der Waals surface area contributed by atoms with Crippen LogP contribution in [0.25, 0.3) is 0 Å². The molecule has 1 saturated heterocycles. The Balaban J connectivity index is 1.66. The maximum absolute atomic E-state index is 13.4. The monoisotopic (exact) mass is 398 g/mol. The fourth-order valence-corrected chi connectivity index (χ4v) is 4.10. The summed E-state index contributed by atoms with van der Waals surface area (Å²) in [7, 11) is 1.95. The van der Waals surface area contributed by atoms with Crippen LogP contribution in [0.5, 0.6) is 0 Å². The summed E-state index contributed by atoms with van der Waals surface area (Å²) in [6.07, 6.45) is 0.431. The molecule has 2 aliphatic heterocycles. The molecule has 0 spiro atoms. The van der Waals surface area contributed by atoms with E-state index in [9.17, 15) is 9.59 Å². The zero-order valence-electron chi connectivity index (χ0n) is 15.7. The minimum absolute atomic E-state index is 0.0358. The molecule has 0 bridgehead atoms. The Morgan fingerprint density at radius 3 is 2.82 bits per heavy atom. The number of nitrogens with zero attached hydrogens (tertiary/aromatic N) is 2. The van der Waals surface area contributed by atoms with E-state index >= 15 is 0 Å². The van der Waals surface area contributed by atoms with Crippen LogP contribution in [0.2, 0.25) is 5.02 Å². The first kappa shape index (κ1) is 18.8. The number of nitrogens with one attached hydrogen (secondary N) is 2. The maximum atomic E-state index is 13.4. The van der Waals surface area contributed by atoms with E-state index in [1.54, 1.807) is 6.07 Å². The second-order valence-corrected chi connectivity index (χ2v) is 7.60. The summed E-state index contributed by atoms with van der Waals surface area (Å²) in [6.45, 7) is 2.63. The van der Waals surface area contributed by atoms with Crippen molar-refractivity contribution in [3.05, 3.63) is 58.6 Å². The normalized spacial score (nSPS) is 19.6. The van der Waals surface area contributed by atoms with E-state index in [1.165, 1.54) is 0 Å². The van der Waals surface area contributed by atoms with E-state index in [2.05, 4.69) is 10.6 Å². The van der Waals surface area contributed by atoms with Crippen molar-refractivity contribution in [1.82, 2.24) is 10.2 Å². The van der Waals surface area contributed by atoms with Gasteiger partial charge in [-0.3, -0.25) is 9.59 Å². The van der Waals surface area contributed by atoms with Gasteiger partial charge in [0.1, 0.15) is 0 Å². The fraction of sp³-hybridized carbons (Fsp3) is 0.333. The van der Waals surface area contributed by atoms with Gasteiger partial charge in [0.25, 0.3) is 5.91 Å². The molecule has 28 heavy (non-hydrogen) atoms. The molecule has 2 aliphatic rings. The van der Waals surface area contributed by atoms with Crippen molar-refractivity contribution in [3.63, 3.8) is 0 Å². The molecule has 0 radical (unpaired) electrons. The number of amides is 2. The molecule has 0 aromatic heterocycles. The molecule has 7 heteroatoms. The molecule has 146 valence electrons. The zero-order valence-corrected chi connectivity index (χ0v) is 16.5. The molecule has 2 aromatic rings. The van der Waals surface area contributed by atoms with Gasteiger partial charge in [0.05, 0.1) is 17.4 Å². The highest BCUT2D eigenvalue weighted by Gasteiger charge is 2.30. The predicted molar refractivity (Wildman–Crippen MR) is 111 cm³/mol. The third kappa shape index (κ3) is 3.57. The standard InChI is InChI=1S/C21H23ClN4O2/c1-25-10-8-20(27)24-17-12-14(6-7-18(17)25)21(28)26-11-9-23-13-19(26)15-4-2-3-5-16(15)22/h2-7,12,19,23H,8-11,13H2,1H3,(H,24,27). The molecule has 0 aliphatic carbocycles. The first-order chi connectivity index (χ1) is 13.5. The quantitative estimate of drug-likeness (QED) is 0.816. The Morgan fingerprint density at radius 2 is 2.00 bits per heavy atom. The van der Waals surface area contributed by atoms with Gasteiger partial charge < -0.3 is 20.4 Å². The highest BCUT2D eigenvalue weighted by molar-refractivity contribution is 6.31. The lowest BCUT2D eigenvalue weighted by atomic mass is 10.0. The number of halogens is 1. The zero-order chi connectivity index (χ0) is 19.7. The summed E-state index contributed by atoms with van der Waals surface area (Å²) in [5, 5.41) is 6.93. The SMILES string of the molecule is CN1CCC(=O)Nc2cc(C(=O)N3CCNCC3c3ccccc3Cl)ccc21. The van der Waals surface area contributed by atoms with Crippen molar-refractivity contribution in [1.29, 1.82) is 0 Å². The van der Waals surface area contributed by atoms with E-state index < -0.39 is 0 Å². The molecule has 2 amide bonds. The molecule has 2 aromatic carbocycles. The van der Waals surface area contributed by atoms with Crippen LogP contribution in [-0.2, 0) is 4.79 Å². The van der Waals surface area contributed by atoms with Gasteiger partial charge in [-0.2, -0.15) is 0 Å². The van der Waals surface area contributed by atoms with E-state index in [0.717, 1.165) is 17.8 Å². The summed E-state index contributed by atoms with van der Waals surface area (Å²) >= 11 is 6.40. The molecular weight excluding hydrogens is 376 g/mol. The second-order valence-electron chi connectivity index (χ2n) is 7.19. The van der Waals surface area contributed by atoms with Crippen LogP contribution in [-0.4, -0.2) is 49.9 Å². The number of carbonyl (C=O) groups is 2. The van der Waals surface area contributed by atoms with Gasteiger partial charge in [-0.15, -0.1) is 0 Å². The lowest BCUT2D eigenvalue weighted by Gasteiger charge is -2.37. The largest absolute Gasteiger partial charge is 0.372 e. The summed E-state index contributed by atoms with van der Waals surface area (Å²) in [5.74, 6) is -0.0957. The van der Waals surface area contributed by atoms with Crippen LogP contribution >= 0.6 is 11.6 Å². The molecule has 4 rings (SSSR count). The number of piperazine rings is 1. The highest BCUT2D eigenvalue weighted by atomic mass is 35.5. The Bertz CT molecular complexity index is 917. The highest BCUT2D eigenvalue weighted by Crippen LogP contribution is 2.32. The van der Waals surface area contributed by atoms with Gasteiger partial charge in [-0.1, -0.05) is 29.8 Å². The average molecular weight is 399 g/mol. The van der Waals surface area contributed by atoms with Crippen molar-refractivity contribution >= 4 is 34.8 Å². The van der Waals surface area contributed by atoms with Gasteiger partial charge in [0.2, 0.25) is 5.91 Å². The van der Waals surface area contributed by atoms with E-state index in [4.69, 9.17) is 11.6 Å². The summed E-state index contributed by atoms with van der Waals surface area (Å²) in [5.41, 5.74) is 3.10. The minimum atomic E-state index is -0.133. The van der Waals surface area contributed by atoms with E-state index in [0.29, 0.717) is 42.3 Å². The summed E-state index contributed by atoms with van der Waals surface area (Å²) in [4.78, 5) is 29.2. The van der Waals surface area contributed by atoms with Gasteiger partial charge in [-0.25, -0.2) is 0 Å². The van der Waals surface area contributed by atoms with Crippen LogP contribution in [0.3, 0.4) is 0 Å². The summed E-state index contributed by atoms with van der Waals surface area (Å²) in [6, 6.07) is 13.0. The average Bonchev–Trinajstić information content (AvgIpc) is 2.85. The van der Waals surface area contributed by atoms with Gasteiger partial charge in [-0.05, 0) is 29.8 Å². The number of benzene rings is 2. The number of fused-ring (bicyclic) bond motifs is 1. The van der Waals surface area contributed by atoms with Crippen molar-refractivity contribution in [2.75, 3.05) is 43.4 Å². The maximum Gasteiger partial charge on any atom is 0.254 e. The molecule has 1 unspecified atom stereocenters. The van der Waals surface area contributed by atoms with Crippen molar-refractivity contribution in [3.8, 4) is 0 Å². The predicted octanol–water partition coefficient (Wildman–Crippen LogP) is 2.91. The second kappa shape index (κ2) is 7.81. The minimum Gasteiger partial charge on any atom is -0.372 e. The van der Waals surface area contributed by atoms with Gasteiger partial charge >= 0.3 is 0 Å². The van der Waals surface area contributed by atoms with Gasteiger partial charge in [0.15, 0.2) is 0 Å². The number of rotatable bonds is 2. The first-order valence-electron chi connectivity index (χ1n) is 9.46. The molecule has 2 heterocycles. The molecule has 2 N–H and O–H groups in total. The van der Waals surface area contributed by atoms with Crippen molar-refractivity contribution < 1.29 is 9.59 Å². The molecule has 1 fully saturated rings. The van der Waals surface area contributed by atoms with E-state index in [-0.39, 0.29) is 17.9 Å². The summed E-state index contributed by atoms with van der Waals surface area (Å²) < 4.78 is 0. The Kier molecular flexibility index (Phi) is 5.24. The number of carbonyl (C=O) groups excluding carboxylic acids is 2. The van der Waals surface area contributed by atoms with Gasteiger partial charge in [0, 0.05) is 50.2 Å². The van der Waals surface area contributed by atoms with E-state index in [1.807, 2.05) is 53.2 Å². The van der Waals surface area contributed by atoms with Crippen LogP contribution in [0, 0.1) is 0 Å². The third-order valence-electron chi connectivity index (χ3n) is 5.37. The van der Waals surface area contributed by atoms with Crippen molar-refractivity contribution in [2.45, 2.75) is 12.5 Å². The third-order valence-corrected chi connectivity index (χ3v) is 5.72. The molecule has 1 atom stereocenters. The van der Waals surface area contributed by atoms with Crippen molar-refractivity contribution in [2.24, 2.45) is 0 Å². The number of anilines is 2. The molecule has 6 nitrogen and oxygen atoms in total. The number of hydrogen-bond acceptors (Lipinski definition) is 4. The number of hydrogen-bond donors (Lipinski definition) is 2. The lowest BCUT2D eigenvalue weighted by molar-refractivity contribution is -0.115. The molecular formula is C21H23ClN4O2. The van der Waals surface area contributed by atoms with Crippen LogP contribution < -0.4 is 15.5 Å². The van der Waals surface area contributed by atoms with Crippen LogP contribution in [0.1, 0.15) is 28.4 Å². The first-order valence-corrected chi connectivity index (χ1v) is 9.83.